The molecule has 0 spiro atoms. The van der Waals surface area contributed by atoms with E-state index in [2.05, 4.69) is 0 Å². The van der Waals surface area contributed by atoms with Crippen molar-refractivity contribution >= 4 is 5.78 Å². The summed E-state index contributed by atoms with van der Waals surface area (Å²) in [6, 6.07) is 7.35. The fourth-order valence-electron chi connectivity index (χ4n) is 1.51. The number of carbonyl (C=O) groups is 1. The molecule has 1 aliphatic carbocycles. The van der Waals surface area contributed by atoms with Gasteiger partial charge in [-0.05, 0) is 24.1 Å². The zero-order valence-electron chi connectivity index (χ0n) is 6.50. The normalized spacial score (nSPS) is 14.1. The molecule has 12 heavy (non-hydrogen) atoms. The molecule has 2 rings (SSSR count). The van der Waals surface area contributed by atoms with Gasteiger partial charge < -0.3 is 0 Å². The molecule has 58 valence electrons. The summed E-state index contributed by atoms with van der Waals surface area (Å²) < 4.78 is 0. The number of carbonyl (C=O) groups excluding carboxylic acids is 1. The van der Waals surface area contributed by atoms with Gasteiger partial charge in [-0.15, -0.1) is 0 Å². The van der Waals surface area contributed by atoms with Gasteiger partial charge in [0.1, 0.15) is 0 Å². The van der Waals surface area contributed by atoms with Crippen LogP contribution in [-0.4, -0.2) is 5.78 Å². The highest BCUT2D eigenvalue weighted by Gasteiger charge is 2.18. The van der Waals surface area contributed by atoms with Crippen molar-refractivity contribution in [3.63, 3.8) is 0 Å². The maximum Gasteiger partial charge on any atom is 0.163 e. The van der Waals surface area contributed by atoms with Gasteiger partial charge in [0.15, 0.2) is 5.78 Å². The van der Waals surface area contributed by atoms with E-state index in [0.717, 1.165) is 17.5 Å². The highest BCUT2D eigenvalue weighted by atomic mass is 16.1. The van der Waals surface area contributed by atoms with Crippen LogP contribution < -0.4 is 0 Å². The summed E-state index contributed by atoms with van der Waals surface area (Å²) in [6.45, 7) is 0. The number of nitriles is 1. The van der Waals surface area contributed by atoms with E-state index in [4.69, 9.17) is 5.26 Å². The van der Waals surface area contributed by atoms with Crippen molar-refractivity contribution in [2.24, 2.45) is 0 Å². The molecule has 0 fully saturated rings. The van der Waals surface area contributed by atoms with Crippen molar-refractivity contribution in [1.29, 1.82) is 5.26 Å². The van der Waals surface area contributed by atoms with Crippen LogP contribution in [0.15, 0.2) is 18.2 Å². The Kier molecular flexibility index (Phi) is 1.44. The first-order valence-corrected chi connectivity index (χ1v) is 3.87. The second kappa shape index (κ2) is 2.46. The molecule has 1 aliphatic rings. The van der Waals surface area contributed by atoms with E-state index in [1.807, 2.05) is 12.1 Å². The van der Waals surface area contributed by atoms with Gasteiger partial charge in [-0.25, -0.2) is 0 Å². The molecular weight excluding hydrogens is 150 g/mol. The molecular formula is C10H7NO. The number of ketones is 1. The van der Waals surface area contributed by atoms with Gasteiger partial charge in [-0.1, -0.05) is 6.07 Å². The Morgan fingerprint density at radius 3 is 2.92 bits per heavy atom. The number of Topliss-reactive ketones (excluding diaryl/α,β-unsaturated/α-hetero) is 1. The Morgan fingerprint density at radius 1 is 1.33 bits per heavy atom. The highest BCUT2D eigenvalue weighted by molar-refractivity contribution is 6.00. The molecule has 0 saturated carbocycles. The van der Waals surface area contributed by atoms with Crippen LogP contribution in [0.5, 0.6) is 0 Å². The smallest absolute Gasteiger partial charge is 0.163 e. The van der Waals surface area contributed by atoms with Crippen molar-refractivity contribution in [1.82, 2.24) is 0 Å². The first kappa shape index (κ1) is 7.05. The average molecular weight is 157 g/mol. The lowest BCUT2D eigenvalue weighted by atomic mass is 10.1. The lowest BCUT2D eigenvalue weighted by Crippen LogP contribution is -1.91. The molecule has 0 aliphatic heterocycles. The molecule has 0 heterocycles. The van der Waals surface area contributed by atoms with E-state index in [0.29, 0.717) is 12.0 Å². The molecule has 0 amide bonds. The Hall–Kier alpha value is -1.62. The largest absolute Gasteiger partial charge is 0.294 e. The van der Waals surface area contributed by atoms with Gasteiger partial charge in [0.25, 0.3) is 0 Å². The van der Waals surface area contributed by atoms with Crippen LogP contribution in [0.3, 0.4) is 0 Å². The van der Waals surface area contributed by atoms with Gasteiger partial charge in [0, 0.05) is 12.0 Å². The molecule has 2 nitrogen and oxygen atoms in total. The summed E-state index contributed by atoms with van der Waals surface area (Å²) in [6.07, 6.45) is 1.43. The predicted molar refractivity (Wildman–Crippen MR) is 43.8 cm³/mol. The molecule has 0 unspecified atom stereocenters. The minimum absolute atomic E-state index is 0.169. The summed E-state index contributed by atoms with van der Waals surface area (Å²) in [7, 11) is 0. The molecule has 0 atom stereocenters. The first-order valence-electron chi connectivity index (χ1n) is 3.87. The Bertz CT molecular complexity index is 387. The maximum atomic E-state index is 11.2. The van der Waals surface area contributed by atoms with E-state index in [1.54, 1.807) is 12.1 Å². The topological polar surface area (TPSA) is 40.9 Å². The monoisotopic (exact) mass is 157 g/mol. The summed E-state index contributed by atoms with van der Waals surface area (Å²) in [5.74, 6) is 0.169. The van der Waals surface area contributed by atoms with Crippen molar-refractivity contribution in [2.75, 3.05) is 0 Å². The number of benzene rings is 1. The van der Waals surface area contributed by atoms with Gasteiger partial charge >= 0.3 is 0 Å². The first-order chi connectivity index (χ1) is 5.81. The third-order valence-corrected chi connectivity index (χ3v) is 2.16. The zero-order chi connectivity index (χ0) is 8.55. The van der Waals surface area contributed by atoms with E-state index in [9.17, 15) is 4.79 Å². The van der Waals surface area contributed by atoms with Gasteiger partial charge in [-0.2, -0.15) is 5.26 Å². The molecule has 0 radical (unpaired) electrons. The maximum absolute atomic E-state index is 11.2. The Labute approximate surface area is 70.4 Å². The highest BCUT2D eigenvalue weighted by Crippen LogP contribution is 2.22. The van der Waals surface area contributed by atoms with Gasteiger partial charge in [0.2, 0.25) is 0 Å². The number of hydrogen-bond acceptors (Lipinski definition) is 2. The molecule has 0 N–H and O–H groups in total. The zero-order valence-corrected chi connectivity index (χ0v) is 6.50. The Balaban J connectivity index is 2.59. The van der Waals surface area contributed by atoms with E-state index < -0.39 is 0 Å². The third kappa shape index (κ3) is 0.911. The van der Waals surface area contributed by atoms with Crippen molar-refractivity contribution in [3.8, 4) is 6.07 Å². The number of aryl methyl sites for hydroxylation is 1. The molecule has 1 aromatic rings. The van der Waals surface area contributed by atoms with Crippen LogP contribution in [0.2, 0.25) is 0 Å². The second-order valence-electron chi connectivity index (χ2n) is 2.91. The van der Waals surface area contributed by atoms with Crippen molar-refractivity contribution in [3.05, 3.63) is 34.9 Å². The number of hydrogen-bond donors (Lipinski definition) is 0. The quantitative estimate of drug-likeness (QED) is 0.575. The predicted octanol–water partition coefficient (Wildman–Crippen LogP) is 1.69. The minimum Gasteiger partial charge on any atom is -0.294 e. The van der Waals surface area contributed by atoms with E-state index in [-0.39, 0.29) is 5.78 Å². The van der Waals surface area contributed by atoms with Crippen LogP contribution in [0, 0.1) is 11.3 Å². The van der Waals surface area contributed by atoms with Crippen LogP contribution in [0.25, 0.3) is 0 Å². The minimum atomic E-state index is 0.169. The summed E-state index contributed by atoms with van der Waals surface area (Å²) in [5, 5.41) is 8.59. The number of nitrogens with zero attached hydrogens (tertiary/aromatic N) is 1. The standard InChI is InChI=1S/C10H7NO/c11-6-7-1-2-8-3-4-10(12)9(8)5-7/h1-2,5H,3-4H2. The lowest BCUT2D eigenvalue weighted by Gasteiger charge is -1.95. The van der Waals surface area contributed by atoms with E-state index >= 15 is 0 Å². The average Bonchev–Trinajstić information content (AvgIpc) is 2.47. The summed E-state index contributed by atoms with van der Waals surface area (Å²) in [4.78, 5) is 11.2. The van der Waals surface area contributed by atoms with Crippen LogP contribution in [-0.2, 0) is 6.42 Å². The third-order valence-electron chi connectivity index (χ3n) is 2.16. The van der Waals surface area contributed by atoms with Crippen molar-refractivity contribution < 1.29 is 4.79 Å². The van der Waals surface area contributed by atoms with Crippen molar-refractivity contribution in [2.45, 2.75) is 12.8 Å². The fraction of sp³-hybridized carbons (Fsp3) is 0.200. The molecule has 0 aromatic heterocycles. The number of fused-ring (bicyclic) bond motifs is 1. The fourth-order valence-corrected chi connectivity index (χ4v) is 1.51. The van der Waals surface area contributed by atoms with Gasteiger partial charge in [0.05, 0.1) is 11.6 Å². The van der Waals surface area contributed by atoms with Gasteiger partial charge in [-0.3, -0.25) is 4.79 Å². The molecule has 0 bridgehead atoms. The van der Waals surface area contributed by atoms with Crippen LogP contribution in [0.4, 0.5) is 0 Å². The molecule has 2 heteroatoms. The summed E-state index contributed by atoms with van der Waals surface area (Å²) >= 11 is 0. The lowest BCUT2D eigenvalue weighted by molar-refractivity contribution is 0.0994. The second-order valence-corrected chi connectivity index (χ2v) is 2.91. The molecule has 1 aromatic carbocycles. The van der Waals surface area contributed by atoms with Crippen LogP contribution >= 0.6 is 0 Å². The SMILES string of the molecule is N#Cc1ccc2c(c1)C(=O)CC2. The van der Waals surface area contributed by atoms with Crippen LogP contribution in [0.1, 0.15) is 27.9 Å². The Morgan fingerprint density at radius 2 is 2.17 bits per heavy atom. The summed E-state index contributed by atoms with van der Waals surface area (Å²) in [5.41, 5.74) is 2.40. The van der Waals surface area contributed by atoms with E-state index in [1.165, 1.54) is 0 Å². The number of rotatable bonds is 0. The molecule has 0 saturated heterocycles.